The van der Waals surface area contributed by atoms with Crippen molar-refractivity contribution in [2.45, 2.75) is 19.8 Å². The van der Waals surface area contributed by atoms with Crippen LogP contribution in [0.5, 0.6) is 0 Å². The van der Waals surface area contributed by atoms with E-state index in [9.17, 15) is 9.18 Å². The Balaban J connectivity index is 2.01. The minimum atomic E-state index is -0.330. The van der Waals surface area contributed by atoms with E-state index in [4.69, 9.17) is 5.26 Å². The molecule has 110 valence electrons. The highest BCUT2D eigenvalue weighted by Gasteiger charge is 2.22. The summed E-state index contributed by atoms with van der Waals surface area (Å²) >= 11 is 0. The van der Waals surface area contributed by atoms with E-state index in [1.165, 1.54) is 18.3 Å². The van der Waals surface area contributed by atoms with E-state index in [1.807, 2.05) is 6.07 Å². The summed E-state index contributed by atoms with van der Waals surface area (Å²) in [7, 11) is 0. The van der Waals surface area contributed by atoms with Gasteiger partial charge in [-0.3, -0.25) is 4.79 Å². The van der Waals surface area contributed by atoms with Gasteiger partial charge in [-0.25, -0.2) is 4.39 Å². The van der Waals surface area contributed by atoms with Crippen molar-refractivity contribution in [1.29, 1.82) is 5.26 Å². The van der Waals surface area contributed by atoms with Gasteiger partial charge in [-0.2, -0.15) is 5.26 Å². The van der Waals surface area contributed by atoms with Crippen LogP contribution in [0.1, 0.15) is 19.8 Å². The van der Waals surface area contributed by atoms with Gasteiger partial charge in [0, 0.05) is 25.0 Å². The summed E-state index contributed by atoms with van der Waals surface area (Å²) in [5, 5.41) is 12.0. The number of halogens is 1. The zero-order valence-corrected chi connectivity index (χ0v) is 12.0. The normalized spacial score (nSPS) is 16.4. The molecule has 1 aliphatic rings. The van der Waals surface area contributed by atoms with Crippen LogP contribution in [-0.4, -0.2) is 23.9 Å². The SMILES string of the molecule is CC1CCN(C(=O)/C(C#N)=C\Nc2ccc(F)cc2)CC1. The summed E-state index contributed by atoms with van der Waals surface area (Å²) in [6.07, 6.45) is 3.32. The minimum Gasteiger partial charge on any atom is -0.360 e. The van der Waals surface area contributed by atoms with E-state index in [0.717, 1.165) is 12.8 Å². The number of benzene rings is 1. The second kappa shape index (κ2) is 6.89. The van der Waals surface area contributed by atoms with E-state index >= 15 is 0 Å². The molecule has 0 unspecified atom stereocenters. The maximum atomic E-state index is 12.8. The van der Waals surface area contributed by atoms with Gasteiger partial charge in [0.2, 0.25) is 0 Å². The lowest BCUT2D eigenvalue weighted by atomic mass is 9.99. The summed E-state index contributed by atoms with van der Waals surface area (Å²) in [6.45, 7) is 3.55. The molecule has 1 N–H and O–H groups in total. The molecule has 1 saturated heterocycles. The highest BCUT2D eigenvalue weighted by molar-refractivity contribution is 5.97. The molecule has 0 spiro atoms. The van der Waals surface area contributed by atoms with Crippen molar-refractivity contribution in [3.63, 3.8) is 0 Å². The summed E-state index contributed by atoms with van der Waals surface area (Å²) < 4.78 is 12.8. The van der Waals surface area contributed by atoms with Crippen LogP contribution < -0.4 is 5.32 Å². The van der Waals surface area contributed by atoms with E-state index in [0.29, 0.717) is 24.7 Å². The molecule has 1 heterocycles. The third-order valence-electron chi connectivity index (χ3n) is 3.65. The first-order valence-corrected chi connectivity index (χ1v) is 7.02. The number of nitriles is 1. The van der Waals surface area contributed by atoms with E-state index in [2.05, 4.69) is 12.2 Å². The zero-order chi connectivity index (χ0) is 15.2. The van der Waals surface area contributed by atoms with Gasteiger partial charge in [0.15, 0.2) is 0 Å². The third-order valence-corrected chi connectivity index (χ3v) is 3.65. The lowest BCUT2D eigenvalue weighted by Gasteiger charge is -2.30. The Morgan fingerprint density at radius 2 is 2.00 bits per heavy atom. The quantitative estimate of drug-likeness (QED) is 0.687. The fourth-order valence-electron chi connectivity index (χ4n) is 2.23. The van der Waals surface area contributed by atoms with Gasteiger partial charge >= 0.3 is 0 Å². The highest BCUT2D eigenvalue weighted by Crippen LogP contribution is 2.18. The van der Waals surface area contributed by atoms with E-state index < -0.39 is 0 Å². The lowest BCUT2D eigenvalue weighted by molar-refractivity contribution is -0.128. The molecule has 0 radical (unpaired) electrons. The first kappa shape index (κ1) is 15.0. The summed E-state index contributed by atoms with van der Waals surface area (Å²) in [4.78, 5) is 14.0. The number of carbonyl (C=O) groups is 1. The number of hydrogen-bond acceptors (Lipinski definition) is 3. The van der Waals surface area contributed by atoms with Gasteiger partial charge in [-0.15, -0.1) is 0 Å². The smallest absolute Gasteiger partial charge is 0.266 e. The number of hydrogen-bond donors (Lipinski definition) is 1. The molecule has 0 bridgehead atoms. The molecule has 1 fully saturated rings. The van der Waals surface area contributed by atoms with Crippen LogP contribution in [0.2, 0.25) is 0 Å². The molecular weight excluding hydrogens is 269 g/mol. The van der Waals surface area contributed by atoms with Gasteiger partial charge < -0.3 is 10.2 Å². The average molecular weight is 287 g/mol. The Kier molecular flexibility index (Phi) is 4.94. The number of anilines is 1. The Morgan fingerprint density at radius 3 is 2.57 bits per heavy atom. The Bertz CT molecular complexity index is 566. The van der Waals surface area contributed by atoms with Gasteiger partial charge in [-0.1, -0.05) is 6.92 Å². The van der Waals surface area contributed by atoms with Gasteiger partial charge in [-0.05, 0) is 43.0 Å². The molecule has 0 saturated carbocycles. The molecule has 1 aromatic rings. The second-order valence-electron chi connectivity index (χ2n) is 5.30. The predicted molar refractivity (Wildman–Crippen MR) is 78.7 cm³/mol. The van der Waals surface area contributed by atoms with E-state index in [-0.39, 0.29) is 17.3 Å². The second-order valence-corrected chi connectivity index (χ2v) is 5.30. The summed E-state index contributed by atoms with van der Waals surface area (Å²) in [5.74, 6) is 0.0449. The van der Waals surface area contributed by atoms with Crippen molar-refractivity contribution in [2.24, 2.45) is 5.92 Å². The number of nitrogens with one attached hydrogen (secondary N) is 1. The number of nitrogens with zero attached hydrogens (tertiary/aromatic N) is 2. The topological polar surface area (TPSA) is 56.1 Å². The van der Waals surface area contributed by atoms with Gasteiger partial charge in [0.1, 0.15) is 17.5 Å². The monoisotopic (exact) mass is 287 g/mol. The fourth-order valence-corrected chi connectivity index (χ4v) is 2.23. The number of likely N-dealkylation sites (tertiary alicyclic amines) is 1. The molecule has 0 aromatic heterocycles. The maximum absolute atomic E-state index is 12.8. The third kappa shape index (κ3) is 4.06. The molecule has 0 atom stereocenters. The number of carbonyl (C=O) groups excluding carboxylic acids is 1. The predicted octanol–water partition coefficient (Wildman–Crippen LogP) is 2.90. The van der Waals surface area contributed by atoms with Gasteiger partial charge in [0.25, 0.3) is 5.91 Å². The minimum absolute atomic E-state index is 0.0638. The van der Waals surface area contributed by atoms with Crippen LogP contribution in [0, 0.1) is 23.1 Å². The number of rotatable bonds is 3. The molecule has 5 heteroatoms. The largest absolute Gasteiger partial charge is 0.360 e. The van der Waals surface area contributed by atoms with Gasteiger partial charge in [0.05, 0.1) is 0 Å². The number of piperidine rings is 1. The Labute approximate surface area is 123 Å². The average Bonchev–Trinajstić information content (AvgIpc) is 2.50. The van der Waals surface area contributed by atoms with Crippen LogP contribution in [0.25, 0.3) is 0 Å². The maximum Gasteiger partial charge on any atom is 0.266 e. The molecule has 1 amide bonds. The molecule has 21 heavy (non-hydrogen) atoms. The molecule has 0 aliphatic carbocycles. The van der Waals surface area contributed by atoms with Crippen molar-refractivity contribution in [1.82, 2.24) is 4.90 Å². The molecule has 1 aromatic carbocycles. The molecule has 4 nitrogen and oxygen atoms in total. The van der Waals surface area contributed by atoms with Crippen molar-refractivity contribution >= 4 is 11.6 Å². The van der Waals surface area contributed by atoms with Crippen LogP contribution in [0.15, 0.2) is 36.0 Å². The van der Waals surface area contributed by atoms with Crippen LogP contribution in [-0.2, 0) is 4.79 Å². The van der Waals surface area contributed by atoms with E-state index in [1.54, 1.807) is 17.0 Å². The Morgan fingerprint density at radius 1 is 1.38 bits per heavy atom. The summed E-state index contributed by atoms with van der Waals surface area (Å²) in [5.41, 5.74) is 0.693. The van der Waals surface area contributed by atoms with Crippen LogP contribution in [0.4, 0.5) is 10.1 Å². The van der Waals surface area contributed by atoms with Crippen molar-refractivity contribution < 1.29 is 9.18 Å². The summed E-state index contributed by atoms with van der Waals surface area (Å²) in [6, 6.07) is 7.66. The molecule has 1 aliphatic heterocycles. The van der Waals surface area contributed by atoms with Crippen molar-refractivity contribution in [2.75, 3.05) is 18.4 Å². The molecular formula is C16H18FN3O. The first-order chi connectivity index (χ1) is 10.1. The first-order valence-electron chi connectivity index (χ1n) is 7.02. The Hall–Kier alpha value is -2.35. The van der Waals surface area contributed by atoms with Crippen molar-refractivity contribution in [3.05, 3.63) is 41.9 Å². The standard InChI is InChI=1S/C16H18FN3O/c1-12-6-8-20(9-7-12)16(21)13(10-18)11-19-15-4-2-14(17)3-5-15/h2-5,11-12,19H,6-9H2,1H3/b13-11-. The zero-order valence-electron chi connectivity index (χ0n) is 12.0. The van der Waals surface area contributed by atoms with Crippen molar-refractivity contribution in [3.8, 4) is 6.07 Å². The van der Waals surface area contributed by atoms with Crippen LogP contribution in [0.3, 0.4) is 0 Å². The lowest BCUT2D eigenvalue weighted by Crippen LogP contribution is -2.38. The van der Waals surface area contributed by atoms with Crippen LogP contribution >= 0.6 is 0 Å². The number of amides is 1. The highest BCUT2D eigenvalue weighted by atomic mass is 19.1. The fraction of sp³-hybridized carbons (Fsp3) is 0.375. The molecule has 2 rings (SSSR count).